The lowest BCUT2D eigenvalue weighted by Crippen LogP contribution is -2.34. The number of rotatable bonds is 13. The van der Waals surface area contributed by atoms with Crippen molar-refractivity contribution in [2.45, 2.75) is 26.1 Å². The van der Waals surface area contributed by atoms with E-state index in [9.17, 15) is 14.7 Å². The predicted molar refractivity (Wildman–Crippen MR) is 146 cm³/mol. The number of nitrogens with one attached hydrogen (secondary N) is 2. The van der Waals surface area contributed by atoms with Crippen molar-refractivity contribution >= 4 is 11.9 Å². The zero-order valence-electron chi connectivity index (χ0n) is 21.3. The molecular formula is C31H30N2O6. The summed E-state index contributed by atoms with van der Waals surface area (Å²) in [5.74, 6) is -1.71. The van der Waals surface area contributed by atoms with Gasteiger partial charge in [0.2, 0.25) is 0 Å². The van der Waals surface area contributed by atoms with Crippen LogP contribution >= 0.6 is 0 Å². The Morgan fingerprint density at radius 3 is 1.90 bits per heavy atom. The van der Waals surface area contributed by atoms with Crippen molar-refractivity contribution in [1.82, 2.24) is 10.8 Å². The van der Waals surface area contributed by atoms with Crippen LogP contribution in [0, 0.1) is 0 Å². The Morgan fingerprint density at radius 1 is 0.667 bits per heavy atom. The van der Waals surface area contributed by atoms with E-state index in [1.165, 1.54) is 11.6 Å². The van der Waals surface area contributed by atoms with Crippen LogP contribution in [0.25, 0.3) is 0 Å². The fourth-order valence-corrected chi connectivity index (χ4v) is 4.26. The van der Waals surface area contributed by atoms with E-state index in [0.29, 0.717) is 6.42 Å². The van der Waals surface area contributed by atoms with Gasteiger partial charge in [-0.05, 0) is 58.4 Å². The molecule has 0 aromatic heterocycles. The van der Waals surface area contributed by atoms with Gasteiger partial charge in [-0.1, -0.05) is 84.9 Å². The number of carbonyl (C=O) groups excluding carboxylic acids is 1. The van der Waals surface area contributed by atoms with Crippen molar-refractivity contribution in [1.29, 1.82) is 0 Å². The molecule has 1 amide bonds. The van der Waals surface area contributed by atoms with Crippen LogP contribution in [-0.4, -0.2) is 28.9 Å². The van der Waals surface area contributed by atoms with Gasteiger partial charge in [0, 0.05) is 0 Å². The smallest absolute Gasteiger partial charge is 0.336 e. The molecule has 8 heteroatoms. The molecule has 0 saturated heterocycles. The average molecular weight is 527 g/mol. The number of carbonyl (C=O) groups is 2. The Hall–Kier alpha value is -4.34. The highest BCUT2D eigenvalue weighted by molar-refractivity contribution is 6.04. The molecule has 0 spiro atoms. The molecule has 200 valence electrons. The van der Waals surface area contributed by atoms with E-state index in [1.54, 1.807) is 12.1 Å². The summed E-state index contributed by atoms with van der Waals surface area (Å²) in [4.78, 5) is 34.5. The highest BCUT2D eigenvalue weighted by Crippen LogP contribution is 2.18. The molecule has 4 N–H and O–H groups in total. The second kappa shape index (κ2) is 14.0. The van der Waals surface area contributed by atoms with E-state index in [4.69, 9.17) is 10.1 Å². The summed E-state index contributed by atoms with van der Waals surface area (Å²) in [6.07, 6.45) is 1.32. The van der Waals surface area contributed by atoms with Gasteiger partial charge in [0.05, 0.1) is 24.4 Å². The molecule has 0 heterocycles. The summed E-state index contributed by atoms with van der Waals surface area (Å²) in [5.41, 5.74) is 8.41. The minimum atomic E-state index is -1.18. The molecule has 0 saturated carbocycles. The SMILES string of the molecule is O=C(O)c1ccc(Cc2ccccc2)cc1C(=O)NCNOCc1cc(Cc2ccccc2)ccc1COO. The first-order chi connectivity index (χ1) is 19.0. The fourth-order valence-electron chi connectivity index (χ4n) is 4.26. The third-order valence-corrected chi connectivity index (χ3v) is 6.20. The van der Waals surface area contributed by atoms with Crippen LogP contribution in [0.4, 0.5) is 0 Å². The quantitative estimate of drug-likeness (QED) is 0.0842. The van der Waals surface area contributed by atoms with Crippen molar-refractivity contribution in [3.05, 3.63) is 142 Å². The zero-order valence-corrected chi connectivity index (χ0v) is 21.3. The van der Waals surface area contributed by atoms with Gasteiger partial charge >= 0.3 is 5.97 Å². The Bertz CT molecular complexity index is 1390. The largest absolute Gasteiger partial charge is 0.478 e. The number of amides is 1. The lowest BCUT2D eigenvalue weighted by atomic mass is 9.98. The summed E-state index contributed by atoms with van der Waals surface area (Å²) < 4.78 is 0. The summed E-state index contributed by atoms with van der Waals surface area (Å²) in [5, 5.41) is 21.2. The van der Waals surface area contributed by atoms with E-state index < -0.39 is 11.9 Å². The number of carboxylic acids is 1. The summed E-state index contributed by atoms with van der Waals surface area (Å²) in [7, 11) is 0. The van der Waals surface area contributed by atoms with E-state index in [1.807, 2.05) is 66.7 Å². The van der Waals surface area contributed by atoms with Crippen LogP contribution in [0.2, 0.25) is 0 Å². The number of aromatic carboxylic acids is 1. The molecule has 39 heavy (non-hydrogen) atoms. The number of hydrogen-bond acceptors (Lipinski definition) is 6. The zero-order chi connectivity index (χ0) is 27.5. The highest BCUT2D eigenvalue weighted by atomic mass is 17.1. The van der Waals surface area contributed by atoms with Crippen molar-refractivity contribution in [3.8, 4) is 0 Å². The van der Waals surface area contributed by atoms with Gasteiger partial charge in [0.25, 0.3) is 5.91 Å². The Morgan fingerprint density at radius 2 is 1.28 bits per heavy atom. The lowest BCUT2D eigenvalue weighted by molar-refractivity contribution is -0.253. The molecule has 4 aromatic carbocycles. The summed E-state index contributed by atoms with van der Waals surface area (Å²) >= 11 is 0. The van der Waals surface area contributed by atoms with Crippen molar-refractivity contribution in [3.63, 3.8) is 0 Å². The first-order valence-corrected chi connectivity index (χ1v) is 12.5. The van der Waals surface area contributed by atoms with E-state index in [-0.39, 0.29) is 31.0 Å². The topological polar surface area (TPSA) is 117 Å². The van der Waals surface area contributed by atoms with Gasteiger partial charge in [-0.25, -0.2) is 9.68 Å². The minimum Gasteiger partial charge on any atom is -0.478 e. The lowest BCUT2D eigenvalue weighted by Gasteiger charge is -2.13. The number of hydrogen-bond donors (Lipinski definition) is 4. The molecule has 4 rings (SSSR count). The maximum Gasteiger partial charge on any atom is 0.336 e. The standard InChI is InChI=1S/C31H30N2O6/c34-30(29-18-25(12-14-28(29)31(35)36)16-23-9-5-2-6-10-23)32-21-33-38-19-27-17-24(11-13-26(27)20-39-37)15-22-7-3-1-4-8-22/h1-14,17-18,33,37H,15-16,19-21H2,(H,32,34)(H,35,36). The Balaban J connectivity index is 1.35. The van der Waals surface area contributed by atoms with Crippen LogP contribution < -0.4 is 10.8 Å². The number of hydroxylamine groups is 1. The fraction of sp³-hybridized carbons (Fsp3) is 0.161. The average Bonchev–Trinajstić information content (AvgIpc) is 2.95. The van der Waals surface area contributed by atoms with Crippen molar-refractivity contribution in [2.75, 3.05) is 6.67 Å². The second-order valence-electron chi connectivity index (χ2n) is 9.00. The molecule has 0 atom stereocenters. The maximum absolute atomic E-state index is 12.9. The number of benzene rings is 4. The molecule has 0 radical (unpaired) electrons. The molecule has 0 bridgehead atoms. The molecule has 8 nitrogen and oxygen atoms in total. The summed E-state index contributed by atoms with van der Waals surface area (Å²) in [6.45, 7) is 0.124. The Kier molecular flexibility index (Phi) is 9.93. The predicted octanol–water partition coefficient (Wildman–Crippen LogP) is 4.96. The van der Waals surface area contributed by atoms with E-state index >= 15 is 0 Å². The molecule has 0 aliphatic heterocycles. The molecule has 4 aromatic rings. The third kappa shape index (κ3) is 8.07. The minimum absolute atomic E-state index is 0.0122. The molecule has 0 aliphatic rings. The van der Waals surface area contributed by atoms with Crippen LogP contribution in [0.3, 0.4) is 0 Å². The van der Waals surface area contributed by atoms with Gasteiger partial charge in [-0.2, -0.15) is 5.48 Å². The van der Waals surface area contributed by atoms with Crippen LogP contribution in [0.5, 0.6) is 0 Å². The van der Waals surface area contributed by atoms with Gasteiger partial charge in [0.1, 0.15) is 6.61 Å². The van der Waals surface area contributed by atoms with Gasteiger partial charge in [0.15, 0.2) is 0 Å². The first kappa shape index (κ1) is 27.7. The van der Waals surface area contributed by atoms with Crippen LogP contribution in [0.15, 0.2) is 97.1 Å². The molecule has 0 unspecified atom stereocenters. The normalized spacial score (nSPS) is 10.8. The molecule has 0 aliphatic carbocycles. The highest BCUT2D eigenvalue weighted by Gasteiger charge is 2.17. The van der Waals surface area contributed by atoms with Crippen molar-refractivity contribution < 1.29 is 29.7 Å². The van der Waals surface area contributed by atoms with Gasteiger partial charge in [-0.3, -0.25) is 14.9 Å². The molecular weight excluding hydrogens is 496 g/mol. The van der Waals surface area contributed by atoms with Crippen LogP contribution in [0.1, 0.15) is 54.1 Å². The summed E-state index contributed by atoms with van der Waals surface area (Å²) in [6, 6.07) is 30.4. The van der Waals surface area contributed by atoms with E-state index in [0.717, 1.165) is 34.2 Å². The van der Waals surface area contributed by atoms with Crippen LogP contribution in [-0.2, 0) is 35.8 Å². The van der Waals surface area contributed by atoms with E-state index in [2.05, 4.69) is 27.8 Å². The van der Waals surface area contributed by atoms with Gasteiger partial charge in [-0.15, -0.1) is 0 Å². The first-order valence-electron chi connectivity index (χ1n) is 12.5. The maximum atomic E-state index is 12.9. The Labute approximate surface area is 226 Å². The van der Waals surface area contributed by atoms with Crippen molar-refractivity contribution in [2.24, 2.45) is 0 Å². The third-order valence-electron chi connectivity index (χ3n) is 6.20. The number of carboxylic acid groups (broad SMARTS) is 1. The second-order valence-corrected chi connectivity index (χ2v) is 9.00. The van der Waals surface area contributed by atoms with Gasteiger partial charge < -0.3 is 10.4 Å². The monoisotopic (exact) mass is 526 g/mol. The molecule has 0 fully saturated rings.